The Hall–Kier alpha value is -0.970. The van der Waals surface area contributed by atoms with Crippen LogP contribution in [0.3, 0.4) is 0 Å². The lowest BCUT2D eigenvalue weighted by molar-refractivity contribution is 0.968. The van der Waals surface area contributed by atoms with E-state index in [9.17, 15) is 0 Å². The summed E-state index contributed by atoms with van der Waals surface area (Å²) in [7, 11) is 0. The van der Waals surface area contributed by atoms with Crippen LogP contribution in [0.25, 0.3) is 0 Å². The molecule has 2 N–H and O–H groups in total. The number of alkyl halides is 1. The molecule has 0 saturated carbocycles. The van der Waals surface area contributed by atoms with E-state index in [1.165, 1.54) is 5.56 Å². The van der Waals surface area contributed by atoms with Gasteiger partial charge in [0.05, 0.1) is 0 Å². The minimum absolute atomic E-state index is 0.593. The average Bonchev–Trinajstić information content (AvgIpc) is 2.19. The number of hydrogen-bond donors (Lipinski definition) is 1. The van der Waals surface area contributed by atoms with Crippen LogP contribution < -0.4 is 5.73 Å². The van der Waals surface area contributed by atoms with Gasteiger partial charge in [0, 0.05) is 17.9 Å². The van der Waals surface area contributed by atoms with E-state index >= 15 is 0 Å². The Bertz CT molecular complexity index is 336. The van der Waals surface area contributed by atoms with Gasteiger partial charge in [0.25, 0.3) is 0 Å². The fraction of sp³-hybridized carbons (Fsp3) is 0.333. The quantitative estimate of drug-likeness (QED) is 0.597. The summed E-state index contributed by atoms with van der Waals surface area (Å²) in [4.78, 5) is 0. The van der Waals surface area contributed by atoms with Crippen LogP contribution in [0.15, 0.2) is 24.3 Å². The standard InChI is InChI=1S/C12H14ClN/c13-8-2-1-4-11-5-3-6-12(10-11)7-9-14/h3,5-6,10H,2,7-9,14H2. The molecule has 0 aliphatic rings. The van der Waals surface area contributed by atoms with E-state index in [-0.39, 0.29) is 0 Å². The van der Waals surface area contributed by atoms with Crippen molar-refractivity contribution in [3.8, 4) is 11.8 Å². The van der Waals surface area contributed by atoms with E-state index in [2.05, 4.69) is 24.0 Å². The molecule has 1 rings (SSSR count). The van der Waals surface area contributed by atoms with Crippen LogP contribution >= 0.6 is 11.6 Å². The average molecular weight is 208 g/mol. The largest absolute Gasteiger partial charge is 0.330 e. The molecule has 1 nitrogen and oxygen atoms in total. The van der Waals surface area contributed by atoms with Gasteiger partial charge in [-0.05, 0) is 30.7 Å². The second kappa shape index (κ2) is 6.48. The number of hydrogen-bond acceptors (Lipinski definition) is 1. The van der Waals surface area contributed by atoms with Gasteiger partial charge in [-0.1, -0.05) is 24.0 Å². The van der Waals surface area contributed by atoms with Crippen molar-refractivity contribution in [2.24, 2.45) is 5.73 Å². The van der Waals surface area contributed by atoms with Crippen LogP contribution in [-0.2, 0) is 6.42 Å². The molecule has 1 aromatic carbocycles. The topological polar surface area (TPSA) is 26.0 Å². The monoisotopic (exact) mass is 207 g/mol. The van der Waals surface area contributed by atoms with Crippen molar-refractivity contribution in [3.05, 3.63) is 35.4 Å². The number of nitrogens with two attached hydrogens (primary N) is 1. The summed E-state index contributed by atoms with van der Waals surface area (Å²) < 4.78 is 0. The van der Waals surface area contributed by atoms with Gasteiger partial charge in [-0.3, -0.25) is 0 Å². The van der Waals surface area contributed by atoms with Crippen LogP contribution in [0.2, 0.25) is 0 Å². The summed E-state index contributed by atoms with van der Waals surface area (Å²) in [6.07, 6.45) is 1.65. The first-order valence-electron chi connectivity index (χ1n) is 4.70. The Morgan fingerprint density at radius 2 is 2.21 bits per heavy atom. The Balaban J connectivity index is 2.69. The molecule has 0 atom stereocenters. The predicted octanol–water partition coefficient (Wildman–Crippen LogP) is 2.17. The van der Waals surface area contributed by atoms with Gasteiger partial charge >= 0.3 is 0 Å². The van der Waals surface area contributed by atoms with Gasteiger partial charge in [0.15, 0.2) is 0 Å². The molecule has 2 heteroatoms. The molecule has 0 unspecified atom stereocenters. The van der Waals surface area contributed by atoms with E-state index in [0.717, 1.165) is 18.4 Å². The van der Waals surface area contributed by atoms with Crippen molar-refractivity contribution in [3.63, 3.8) is 0 Å². The van der Waals surface area contributed by atoms with Gasteiger partial charge in [-0.15, -0.1) is 11.6 Å². The maximum absolute atomic E-state index is 5.53. The Labute approximate surface area is 90.3 Å². The molecule has 0 spiro atoms. The van der Waals surface area contributed by atoms with E-state index in [0.29, 0.717) is 12.4 Å². The lowest BCUT2D eigenvalue weighted by atomic mass is 10.1. The molecule has 74 valence electrons. The van der Waals surface area contributed by atoms with Crippen molar-refractivity contribution < 1.29 is 0 Å². The van der Waals surface area contributed by atoms with Crippen LogP contribution in [0, 0.1) is 11.8 Å². The third-order valence-corrected chi connectivity index (χ3v) is 2.00. The van der Waals surface area contributed by atoms with Crippen LogP contribution in [0.1, 0.15) is 17.5 Å². The highest BCUT2D eigenvalue weighted by molar-refractivity contribution is 6.18. The molecular weight excluding hydrogens is 194 g/mol. The highest BCUT2D eigenvalue weighted by Crippen LogP contribution is 2.04. The van der Waals surface area contributed by atoms with Gasteiger partial charge in [0.1, 0.15) is 0 Å². The molecule has 0 bridgehead atoms. The van der Waals surface area contributed by atoms with E-state index in [1.807, 2.05) is 12.1 Å². The maximum atomic E-state index is 5.53. The van der Waals surface area contributed by atoms with E-state index in [1.54, 1.807) is 0 Å². The molecule has 0 amide bonds. The fourth-order valence-electron chi connectivity index (χ4n) is 1.18. The van der Waals surface area contributed by atoms with Crippen LogP contribution in [0.4, 0.5) is 0 Å². The van der Waals surface area contributed by atoms with E-state index in [4.69, 9.17) is 17.3 Å². The number of rotatable bonds is 3. The summed E-state index contributed by atoms with van der Waals surface area (Å²) in [6, 6.07) is 8.16. The lowest BCUT2D eigenvalue weighted by Crippen LogP contribution is -2.02. The minimum Gasteiger partial charge on any atom is -0.330 e. The zero-order chi connectivity index (χ0) is 10.2. The Kier molecular flexibility index (Phi) is 5.14. The highest BCUT2D eigenvalue weighted by Gasteiger charge is 1.91. The molecule has 1 aromatic rings. The first-order valence-corrected chi connectivity index (χ1v) is 5.24. The third kappa shape index (κ3) is 3.83. The number of halogens is 1. The molecule has 0 aliphatic carbocycles. The summed E-state index contributed by atoms with van der Waals surface area (Å²) in [5, 5.41) is 0. The third-order valence-electron chi connectivity index (χ3n) is 1.81. The second-order valence-electron chi connectivity index (χ2n) is 2.98. The van der Waals surface area contributed by atoms with Gasteiger partial charge in [-0.25, -0.2) is 0 Å². The zero-order valence-corrected chi connectivity index (χ0v) is 8.85. The normalized spacial score (nSPS) is 9.29. The minimum atomic E-state index is 0.593. The second-order valence-corrected chi connectivity index (χ2v) is 3.36. The van der Waals surface area contributed by atoms with E-state index < -0.39 is 0 Å². The summed E-state index contributed by atoms with van der Waals surface area (Å²) in [5.41, 5.74) is 7.76. The molecule has 0 heterocycles. The van der Waals surface area contributed by atoms with Crippen LogP contribution in [0.5, 0.6) is 0 Å². The Morgan fingerprint density at radius 3 is 2.93 bits per heavy atom. The van der Waals surface area contributed by atoms with Crippen LogP contribution in [-0.4, -0.2) is 12.4 Å². The molecule has 0 saturated heterocycles. The van der Waals surface area contributed by atoms with Crippen molar-refractivity contribution in [1.82, 2.24) is 0 Å². The number of benzene rings is 1. The zero-order valence-electron chi connectivity index (χ0n) is 8.09. The Morgan fingerprint density at radius 1 is 1.36 bits per heavy atom. The summed E-state index contributed by atoms with van der Waals surface area (Å²) >= 11 is 5.53. The first kappa shape index (κ1) is 11.1. The molecule has 0 radical (unpaired) electrons. The summed E-state index contributed by atoms with van der Waals surface area (Å²) in [6.45, 7) is 0.679. The van der Waals surface area contributed by atoms with Crippen molar-refractivity contribution >= 4 is 11.6 Å². The van der Waals surface area contributed by atoms with Gasteiger partial charge < -0.3 is 5.73 Å². The van der Waals surface area contributed by atoms with Crippen molar-refractivity contribution in [1.29, 1.82) is 0 Å². The highest BCUT2D eigenvalue weighted by atomic mass is 35.5. The SMILES string of the molecule is NCCc1cccc(C#CCCCl)c1. The molecule has 0 aromatic heterocycles. The van der Waals surface area contributed by atoms with Crippen molar-refractivity contribution in [2.75, 3.05) is 12.4 Å². The maximum Gasteiger partial charge on any atom is 0.0333 e. The smallest absolute Gasteiger partial charge is 0.0333 e. The molecule has 14 heavy (non-hydrogen) atoms. The lowest BCUT2D eigenvalue weighted by Gasteiger charge is -1.98. The predicted molar refractivity (Wildman–Crippen MR) is 61.4 cm³/mol. The fourth-order valence-corrected chi connectivity index (χ4v) is 1.28. The van der Waals surface area contributed by atoms with Crippen molar-refractivity contribution in [2.45, 2.75) is 12.8 Å². The first-order chi connectivity index (χ1) is 6.86. The van der Waals surface area contributed by atoms with Gasteiger partial charge in [-0.2, -0.15) is 0 Å². The molecule has 0 fully saturated rings. The molecule has 0 aliphatic heterocycles. The van der Waals surface area contributed by atoms with Gasteiger partial charge in [0.2, 0.25) is 0 Å². The summed E-state index contributed by atoms with van der Waals surface area (Å²) in [5.74, 6) is 6.67. The molecular formula is C12H14ClN.